The van der Waals surface area contributed by atoms with Crippen LogP contribution in [0.5, 0.6) is 0 Å². The Balaban J connectivity index is 1.33. The van der Waals surface area contributed by atoms with Crippen LogP contribution >= 0.6 is 11.3 Å². The summed E-state index contributed by atoms with van der Waals surface area (Å²) in [4.78, 5) is 20.0. The maximum atomic E-state index is 13.4. The smallest absolute Gasteiger partial charge is 0.205 e. The molecule has 0 amide bonds. The zero-order valence-electron chi connectivity index (χ0n) is 22.0. The molecule has 2 heterocycles. The van der Waals surface area contributed by atoms with Gasteiger partial charge in [-0.2, -0.15) is 0 Å². The maximum Gasteiger partial charge on any atom is 0.205 e. The highest BCUT2D eigenvalue weighted by atomic mass is 32.1. The number of nitrogens with two attached hydrogens (primary N) is 1. The molecule has 1 aromatic carbocycles. The van der Waals surface area contributed by atoms with Crippen molar-refractivity contribution >= 4 is 33.0 Å². The molecule has 2 aromatic heterocycles. The SMILES string of the molecule is Cc1nc2sc(C(=O)c3ccccc3)c(N)c2c2c1[C@]1(C)CC[C@@H]3[C@H](CC=C4C[C@H](O)CC[C@]43C)[C@@H]1C2. The van der Waals surface area contributed by atoms with E-state index < -0.39 is 0 Å². The van der Waals surface area contributed by atoms with Crippen molar-refractivity contribution in [3.8, 4) is 0 Å². The van der Waals surface area contributed by atoms with E-state index in [0.29, 0.717) is 33.9 Å². The molecule has 7 rings (SSSR count). The van der Waals surface area contributed by atoms with Gasteiger partial charge in [-0.05, 0) is 91.6 Å². The van der Waals surface area contributed by atoms with Gasteiger partial charge in [-0.1, -0.05) is 55.8 Å². The van der Waals surface area contributed by atoms with Crippen molar-refractivity contribution < 1.29 is 9.90 Å². The van der Waals surface area contributed by atoms with Gasteiger partial charge in [-0.25, -0.2) is 4.98 Å². The van der Waals surface area contributed by atoms with Crippen LogP contribution in [0.25, 0.3) is 10.2 Å². The summed E-state index contributed by atoms with van der Waals surface area (Å²) in [5.74, 6) is 1.86. The van der Waals surface area contributed by atoms with E-state index in [9.17, 15) is 9.90 Å². The zero-order chi connectivity index (χ0) is 25.7. The van der Waals surface area contributed by atoms with Gasteiger partial charge in [0.25, 0.3) is 0 Å². The van der Waals surface area contributed by atoms with Crippen LogP contribution in [0.3, 0.4) is 0 Å². The summed E-state index contributed by atoms with van der Waals surface area (Å²) < 4.78 is 0. The number of rotatable bonds is 2. The fourth-order valence-electron chi connectivity index (χ4n) is 9.07. The standard InChI is InChI=1S/C32H36N2O2S/c1-17-26-22(25-27(33)29(37-30(25)34-17)28(36)18-7-5-4-6-8-18)16-24-21-10-9-19-15-20(35)11-13-31(19,2)23(21)12-14-32(24,26)3/h4-9,20-21,23-24,35H,10-16,33H2,1-3H3/t20-,21+,23-,24+,31-,32-/m1/s1. The summed E-state index contributed by atoms with van der Waals surface area (Å²) in [6.07, 6.45) is 9.75. The van der Waals surface area contributed by atoms with Crippen LogP contribution in [0.4, 0.5) is 5.69 Å². The van der Waals surface area contributed by atoms with Crippen LogP contribution in [0, 0.1) is 30.1 Å². The minimum atomic E-state index is -0.170. The first kappa shape index (κ1) is 23.6. The number of carbonyl (C=O) groups excluding carboxylic acids is 1. The van der Waals surface area contributed by atoms with Gasteiger partial charge < -0.3 is 10.8 Å². The number of fused-ring (bicyclic) bond motifs is 9. The molecule has 5 heteroatoms. The Hall–Kier alpha value is -2.50. The van der Waals surface area contributed by atoms with E-state index in [1.807, 2.05) is 30.3 Å². The van der Waals surface area contributed by atoms with E-state index in [0.717, 1.165) is 48.0 Å². The highest BCUT2D eigenvalue weighted by Gasteiger charge is 2.58. The quantitative estimate of drug-likeness (QED) is 0.294. The molecule has 2 saturated carbocycles. The molecule has 0 aliphatic heterocycles. The first-order valence-corrected chi connectivity index (χ1v) is 14.7. The molecule has 192 valence electrons. The van der Waals surface area contributed by atoms with E-state index in [-0.39, 0.29) is 22.7 Å². The molecule has 4 nitrogen and oxygen atoms in total. The summed E-state index contributed by atoms with van der Waals surface area (Å²) in [6, 6.07) is 9.45. The van der Waals surface area contributed by atoms with Crippen LogP contribution in [-0.2, 0) is 11.8 Å². The molecule has 0 spiro atoms. The summed E-state index contributed by atoms with van der Waals surface area (Å²) in [7, 11) is 0. The van der Waals surface area contributed by atoms with Crippen molar-refractivity contribution in [2.45, 2.75) is 77.2 Å². The normalized spacial score (nSPS) is 34.3. The van der Waals surface area contributed by atoms with Crippen LogP contribution in [0.15, 0.2) is 42.0 Å². The molecule has 0 saturated heterocycles. The number of thiophene rings is 1. The van der Waals surface area contributed by atoms with Gasteiger partial charge in [0.15, 0.2) is 0 Å². The Morgan fingerprint density at radius 1 is 1.08 bits per heavy atom. The second-order valence-electron chi connectivity index (χ2n) is 12.6. The van der Waals surface area contributed by atoms with E-state index in [2.05, 4.69) is 26.8 Å². The maximum absolute atomic E-state index is 13.4. The predicted octanol–water partition coefficient (Wildman–Crippen LogP) is 6.76. The molecular weight excluding hydrogens is 476 g/mol. The van der Waals surface area contributed by atoms with Crippen molar-refractivity contribution in [1.82, 2.24) is 4.98 Å². The predicted molar refractivity (Wildman–Crippen MR) is 150 cm³/mol. The van der Waals surface area contributed by atoms with Gasteiger partial charge in [-0.15, -0.1) is 11.3 Å². The molecule has 0 bridgehead atoms. The Morgan fingerprint density at radius 2 is 1.84 bits per heavy atom. The second-order valence-corrected chi connectivity index (χ2v) is 13.6. The lowest BCUT2D eigenvalue weighted by atomic mass is 9.47. The minimum Gasteiger partial charge on any atom is -0.397 e. The average Bonchev–Trinajstić information content (AvgIpc) is 3.38. The number of hydrogen-bond donors (Lipinski definition) is 2. The first-order valence-electron chi connectivity index (χ1n) is 13.9. The lowest BCUT2D eigenvalue weighted by Gasteiger charge is -2.57. The highest BCUT2D eigenvalue weighted by Crippen LogP contribution is 2.65. The number of benzene rings is 1. The molecule has 6 atom stereocenters. The minimum absolute atomic E-state index is 0.00782. The number of nitrogen functional groups attached to an aromatic ring is 1. The molecule has 2 fully saturated rings. The monoisotopic (exact) mass is 512 g/mol. The van der Waals surface area contributed by atoms with Gasteiger partial charge in [0.1, 0.15) is 9.71 Å². The molecule has 4 aliphatic rings. The summed E-state index contributed by atoms with van der Waals surface area (Å²) in [5.41, 5.74) is 13.8. The molecule has 3 aromatic rings. The van der Waals surface area contributed by atoms with Crippen LogP contribution < -0.4 is 5.73 Å². The lowest BCUT2D eigenvalue weighted by Crippen LogP contribution is -2.51. The second kappa shape index (κ2) is 8.00. The van der Waals surface area contributed by atoms with Gasteiger partial charge in [-0.3, -0.25) is 4.79 Å². The van der Waals surface area contributed by atoms with E-state index in [1.165, 1.54) is 40.9 Å². The number of hydrogen-bond acceptors (Lipinski definition) is 5. The number of carbonyl (C=O) groups is 1. The molecule has 0 radical (unpaired) electrons. The fraction of sp³-hybridized carbons (Fsp3) is 0.500. The van der Waals surface area contributed by atoms with Gasteiger partial charge in [0.2, 0.25) is 5.78 Å². The first-order chi connectivity index (χ1) is 17.7. The van der Waals surface area contributed by atoms with Crippen molar-refractivity contribution in [2.75, 3.05) is 5.73 Å². The summed E-state index contributed by atoms with van der Waals surface area (Å²) in [6.45, 7) is 7.12. The van der Waals surface area contributed by atoms with E-state index >= 15 is 0 Å². The van der Waals surface area contributed by atoms with Gasteiger partial charge in [0.05, 0.1) is 11.8 Å². The number of aliphatic hydroxyl groups is 1. The number of ketones is 1. The number of anilines is 1. The summed E-state index contributed by atoms with van der Waals surface area (Å²) in [5, 5.41) is 11.4. The number of aromatic nitrogens is 1. The van der Waals surface area contributed by atoms with E-state index in [1.54, 1.807) is 0 Å². The number of aliphatic hydroxyl groups excluding tert-OH is 1. The van der Waals surface area contributed by atoms with Crippen molar-refractivity contribution in [2.24, 2.45) is 23.2 Å². The largest absolute Gasteiger partial charge is 0.397 e. The van der Waals surface area contributed by atoms with E-state index in [4.69, 9.17) is 10.7 Å². The molecular formula is C32H36N2O2S. The summed E-state index contributed by atoms with van der Waals surface area (Å²) >= 11 is 1.46. The number of pyridine rings is 1. The van der Waals surface area contributed by atoms with Gasteiger partial charge >= 0.3 is 0 Å². The number of aryl methyl sites for hydroxylation is 1. The molecule has 4 aliphatic carbocycles. The topological polar surface area (TPSA) is 76.2 Å². The Kier molecular flexibility index (Phi) is 5.10. The molecule has 3 N–H and O–H groups in total. The average molecular weight is 513 g/mol. The molecule has 0 unspecified atom stereocenters. The Morgan fingerprint density at radius 3 is 2.62 bits per heavy atom. The van der Waals surface area contributed by atoms with Crippen molar-refractivity contribution in [3.63, 3.8) is 0 Å². The third kappa shape index (κ3) is 3.16. The van der Waals surface area contributed by atoms with Gasteiger partial charge in [0, 0.05) is 16.6 Å². The lowest BCUT2D eigenvalue weighted by molar-refractivity contribution is -0.0164. The third-order valence-corrected chi connectivity index (χ3v) is 12.0. The highest BCUT2D eigenvalue weighted by molar-refractivity contribution is 7.21. The van der Waals surface area contributed by atoms with Crippen LogP contribution in [0.2, 0.25) is 0 Å². The zero-order valence-corrected chi connectivity index (χ0v) is 22.8. The third-order valence-electron chi connectivity index (χ3n) is 10.9. The van der Waals surface area contributed by atoms with Crippen LogP contribution in [-0.4, -0.2) is 22.0 Å². The Labute approximate surface area is 223 Å². The molecule has 37 heavy (non-hydrogen) atoms. The van der Waals surface area contributed by atoms with Crippen molar-refractivity contribution in [1.29, 1.82) is 0 Å². The van der Waals surface area contributed by atoms with Crippen molar-refractivity contribution in [3.05, 3.63) is 69.2 Å². The van der Waals surface area contributed by atoms with Crippen LogP contribution in [0.1, 0.15) is 84.4 Å². The fourth-order valence-corrected chi connectivity index (χ4v) is 10.2. The number of nitrogens with zero attached hydrogens (tertiary/aromatic N) is 1. The number of allylic oxidation sites excluding steroid dienone is 1. The Bertz CT molecular complexity index is 1470.